The van der Waals surface area contributed by atoms with E-state index in [4.69, 9.17) is 0 Å². The van der Waals surface area contributed by atoms with Gasteiger partial charge in [0.1, 0.15) is 0 Å². The number of H-pyrrole nitrogens is 1. The number of hydrogen-bond donors (Lipinski definition) is 2. The molecule has 0 radical (unpaired) electrons. The summed E-state index contributed by atoms with van der Waals surface area (Å²) in [5.41, 5.74) is 3.40. The molecule has 2 aromatic carbocycles. The van der Waals surface area contributed by atoms with Crippen LogP contribution >= 0.6 is 0 Å². The van der Waals surface area contributed by atoms with Crippen LogP contribution in [0.5, 0.6) is 0 Å². The zero-order chi connectivity index (χ0) is 20.4. The normalized spacial score (nSPS) is 17.3. The third-order valence-corrected chi connectivity index (χ3v) is 5.00. The molecule has 4 rings (SSSR count). The molecule has 1 atom stereocenters. The van der Waals surface area contributed by atoms with Crippen molar-refractivity contribution < 1.29 is 14.4 Å². The van der Waals surface area contributed by atoms with E-state index in [-0.39, 0.29) is 0 Å². The Balaban J connectivity index is 1.48. The highest BCUT2D eigenvalue weighted by molar-refractivity contribution is 6.32. The molecule has 1 aliphatic heterocycles. The average Bonchev–Trinajstić information content (AvgIpc) is 3.12. The van der Waals surface area contributed by atoms with Gasteiger partial charge in [-0.05, 0) is 36.6 Å². The van der Waals surface area contributed by atoms with Crippen molar-refractivity contribution in [3.63, 3.8) is 0 Å². The van der Waals surface area contributed by atoms with E-state index >= 15 is 0 Å². The van der Waals surface area contributed by atoms with Crippen molar-refractivity contribution in [2.75, 3.05) is 11.4 Å². The minimum absolute atomic E-state index is 0.428. The third-order valence-electron chi connectivity index (χ3n) is 5.00. The number of nitrogens with one attached hydrogen (secondary N) is 2. The molecule has 1 aromatic heterocycles. The zero-order valence-electron chi connectivity index (χ0n) is 15.9. The number of para-hydroxylation sites is 2. The van der Waals surface area contributed by atoms with Gasteiger partial charge >= 0.3 is 6.03 Å². The molecule has 2 N–H and O–H groups in total. The van der Waals surface area contributed by atoms with Crippen molar-refractivity contribution in [3.8, 4) is 0 Å². The molecule has 29 heavy (non-hydrogen) atoms. The van der Waals surface area contributed by atoms with Crippen LogP contribution < -0.4 is 10.2 Å². The molecule has 7 heteroatoms. The van der Waals surface area contributed by atoms with Crippen LogP contribution in [-0.4, -0.2) is 35.6 Å². The van der Waals surface area contributed by atoms with Crippen LogP contribution in [-0.2, 0) is 16.0 Å². The molecule has 146 valence electrons. The molecule has 0 aliphatic carbocycles. The Morgan fingerprint density at radius 2 is 1.83 bits per heavy atom. The standard InChI is InChI=1S/C22H20N4O3/c1-14-6-2-5-9-19(14)26-21(28)17(20(27)25-22(26)29)13-23-11-10-15-12-24-18-8-4-3-7-16(15)18/h2-9,12-13,17,24H,10-11H2,1H3,(H,25,27,29)/t17-/m1/s1. The number of barbiturate groups is 1. The third kappa shape index (κ3) is 3.54. The van der Waals surface area contributed by atoms with Crippen molar-refractivity contribution in [2.24, 2.45) is 10.9 Å². The average molecular weight is 388 g/mol. The minimum Gasteiger partial charge on any atom is -0.361 e. The van der Waals surface area contributed by atoms with Crippen molar-refractivity contribution in [1.82, 2.24) is 10.3 Å². The summed E-state index contributed by atoms with van der Waals surface area (Å²) in [6.07, 6.45) is 3.95. The summed E-state index contributed by atoms with van der Waals surface area (Å²) < 4.78 is 0. The first-order valence-electron chi connectivity index (χ1n) is 9.35. The van der Waals surface area contributed by atoms with Gasteiger partial charge in [0.25, 0.3) is 5.91 Å². The molecule has 0 spiro atoms. The summed E-state index contributed by atoms with van der Waals surface area (Å²) >= 11 is 0. The quantitative estimate of drug-likeness (QED) is 0.520. The second-order valence-electron chi connectivity index (χ2n) is 6.90. The van der Waals surface area contributed by atoms with Gasteiger partial charge in [0.05, 0.1) is 5.69 Å². The van der Waals surface area contributed by atoms with E-state index in [0.717, 1.165) is 26.9 Å². The van der Waals surface area contributed by atoms with Crippen molar-refractivity contribution >= 4 is 40.7 Å². The first kappa shape index (κ1) is 18.6. The highest BCUT2D eigenvalue weighted by Crippen LogP contribution is 2.24. The Morgan fingerprint density at radius 1 is 1.07 bits per heavy atom. The lowest BCUT2D eigenvalue weighted by Crippen LogP contribution is -2.58. The Bertz CT molecular complexity index is 1130. The first-order valence-corrected chi connectivity index (χ1v) is 9.35. The van der Waals surface area contributed by atoms with Crippen molar-refractivity contribution in [1.29, 1.82) is 0 Å². The summed E-state index contributed by atoms with van der Waals surface area (Å²) in [5.74, 6) is -2.38. The molecule has 1 saturated heterocycles. The number of carbonyl (C=O) groups is 3. The molecule has 7 nitrogen and oxygen atoms in total. The van der Waals surface area contributed by atoms with Gasteiger partial charge in [-0.25, -0.2) is 9.69 Å². The van der Waals surface area contributed by atoms with Crippen LogP contribution in [0.1, 0.15) is 11.1 Å². The molecule has 0 bridgehead atoms. The van der Waals surface area contributed by atoms with Crippen LogP contribution in [0.2, 0.25) is 0 Å². The molecule has 0 saturated carbocycles. The number of anilines is 1. The molecule has 0 unspecified atom stereocenters. The number of aromatic amines is 1. The van der Waals surface area contributed by atoms with Gasteiger partial charge < -0.3 is 4.98 Å². The van der Waals surface area contributed by atoms with E-state index < -0.39 is 23.8 Å². The molecule has 3 aromatic rings. The fourth-order valence-corrected chi connectivity index (χ4v) is 3.47. The predicted octanol–water partition coefficient (Wildman–Crippen LogP) is 2.99. The largest absolute Gasteiger partial charge is 0.361 e. The second kappa shape index (κ2) is 7.71. The molecule has 4 amide bonds. The number of fused-ring (bicyclic) bond motifs is 1. The molecular formula is C22H20N4O3. The topological polar surface area (TPSA) is 94.6 Å². The fraction of sp³-hybridized carbons (Fsp3) is 0.182. The van der Waals surface area contributed by atoms with Crippen molar-refractivity contribution in [2.45, 2.75) is 13.3 Å². The number of aromatic nitrogens is 1. The van der Waals surface area contributed by atoms with Crippen LogP contribution in [0.15, 0.2) is 59.7 Å². The van der Waals surface area contributed by atoms with Gasteiger partial charge in [-0.1, -0.05) is 36.4 Å². The summed E-state index contributed by atoms with van der Waals surface area (Å²) in [6, 6.07) is 14.3. The number of nitrogens with zero attached hydrogens (tertiary/aromatic N) is 2. The Labute approximate surface area is 167 Å². The second-order valence-corrected chi connectivity index (χ2v) is 6.90. The molecule has 1 aliphatic rings. The highest BCUT2D eigenvalue weighted by Gasteiger charge is 2.40. The van der Waals surface area contributed by atoms with Gasteiger partial charge in [-0.15, -0.1) is 0 Å². The lowest BCUT2D eigenvalue weighted by atomic mass is 10.0. The number of aliphatic imine (C=N–C) groups is 1. The monoisotopic (exact) mass is 388 g/mol. The van der Waals surface area contributed by atoms with E-state index in [1.165, 1.54) is 6.21 Å². The maximum absolute atomic E-state index is 12.8. The van der Waals surface area contributed by atoms with Gasteiger partial charge in [-0.2, -0.15) is 0 Å². The number of urea groups is 1. The zero-order valence-corrected chi connectivity index (χ0v) is 15.9. The van der Waals surface area contributed by atoms with Crippen LogP contribution in [0.25, 0.3) is 10.9 Å². The maximum atomic E-state index is 12.8. The summed E-state index contributed by atoms with van der Waals surface area (Å²) in [5, 5.41) is 3.38. The minimum atomic E-state index is -1.13. The molecule has 2 heterocycles. The van der Waals surface area contributed by atoms with E-state index in [2.05, 4.69) is 15.3 Å². The molecular weight excluding hydrogens is 368 g/mol. The van der Waals surface area contributed by atoms with Gasteiger partial charge in [0, 0.05) is 29.9 Å². The fourth-order valence-electron chi connectivity index (χ4n) is 3.47. The number of imide groups is 2. The van der Waals surface area contributed by atoms with Gasteiger partial charge in [0.15, 0.2) is 5.92 Å². The number of amides is 4. The van der Waals surface area contributed by atoms with E-state index in [0.29, 0.717) is 18.7 Å². The maximum Gasteiger partial charge on any atom is 0.335 e. The van der Waals surface area contributed by atoms with Crippen LogP contribution in [0.3, 0.4) is 0 Å². The lowest BCUT2D eigenvalue weighted by molar-refractivity contribution is -0.131. The van der Waals surface area contributed by atoms with E-state index in [1.807, 2.05) is 36.5 Å². The number of carbonyl (C=O) groups excluding carboxylic acids is 3. The molecule has 1 fully saturated rings. The van der Waals surface area contributed by atoms with E-state index in [1.54, 1.807) is 25.1 Å². The number of hydrogen-bond acceptors (Lipinski definition) is 4. The Morgan fingerprint density at radius 3 is 2.66 bits per heavy atom. The van der Waals surface area contributed by atoms with Crippen LogP contribution in [0.4, 0.5) is 10.5 Å². The SMILES string of the molecule is Cc1ccccc1N1C(=O)NC(=O)[C@@H](C=NCCc2c[nH]c3ccccc23)C1=O. The predicted molar refractivity (Wildman–Crippen MR) is 111 cm³/mol. The summed E-state index contributed by atoms with van der Waals surface area (Å²) in [7, 11) is 0. The summed E-state index contributed by atoms with van der Waals surface area (Å²) in [6.45, 7) is 2.23. The van der Waals surface area contributed by atoms with Gasteiger partial charge in [0.2, 0.25) is 5.91 Å². The Kier molecular flexibility index (Phi) is 4.95. The number of aryl methyl sites for hydroxylation is 1. The van der Waals surface area contributed by atoms with Crippen LogP contribution in [0, 0.1) is 12.8 Å². The van der Waals surface area contributed by atoms with E-state index in [9.17, 15) is 14.4 Å². The van der Waals surface area contributed by atoms with Crippen molar-refractivity contribution in [3.05, 3.63) is 65.9 Å². The summed E-state index contributed by atoms with van der Waals surface area (Å²) in [4.78, 5) is 45.8. The number of benzene rings is 2. The van der Waals surface area contributed by atoms with Gasteiger partial charge in [-0.3, -0.25) is 19.9 Å². The first-order chi connectivity index (χ1) is 14.1. The highest BCUT2D eigenvalue weighted by atomic mass is 16.2. The number of rotatable bonds is 5. The lowest BCUT2D eigenvalue weighted by Gasteiger charge is -2.29. The Hall–Kier alpha value is -3.74. The smallest absolute Gasteiger partial charge is 0.335 e.